The molecule has 0 spiro atoms. The zero-order chi connectivity index (χ0) is 21.7. The van der Waals surface area contributed by atoms with E-state index in [1.54, 1.807) is 28.2 Å². The third-order valence-electron chi connectivity index (χ3n) is 5.12. The zero-order valence-electron chi connectivity index (χ0n) is 16.2. The monoisotopic (exact) mass is 458 g/mol. The number of hydrogen-bond acceptors (Lipinski definition) is 12. The van der Waals surface area contributed by atoms with E-state index in [2.05, 4.69) is 31.4 Å². The lowest BCUT2D eigenvalue weighted by molar-refractivity contribution is 0.0538. The molecule has 4 heterocycles. The molecule has 0 aromatic rings. The fourth-order valence-corrected chi connectivity index (χ4v) is 5.24. The summed E-state index contributed by atoms with van der Waals surface area (Å²) in [7, 11) is 8.49. The van der Waals surface area contributed by atoms with Gasteiger partial charge in [0.15, 0.2) is 35.0 Å². The Hall–Kier alpha value is -3.02. The van der Waals surface area contributed by atoms with Crippen molar-refractivity contribution in [2.45, 2.75) is 24.7 Å². The van der Waals surface area contributed by atoms with Crippen LogP contribution in [0, 0.1) is 9.81 Å². The van der Waals surface area contributed by atoms with E-state index in [9.17, 15) is 19.4 Å². The van der Waals surface area contributed by atoms with Crippen LogP contribution in [-0.2, 0) is 0 Å². The lowest BCUT2D eigenvalue weighted by atomic mass is 10.4. The van der Waals surface area contributed by atoms with E-state index in [1.807, 2.05) is 0 Å². The van der Waals surface area contributed by atoms with Crippen LogP contribution in [0.1, 0.15) is 0 Å². The Morgan fingerprint density at radius 3 is 1.43 bits per heavy atom. The van der Waals surface area contributed by atoms with Gasteiger partial charge in [-0.1, -0.05) is 0 Å². The fourth-order valence-electron chi connectivity index (χ4n) is 3.56. The second kappa shape index (κ2) is 7.35. The minimum atomic E-state index is -0.677. The van der Waals surface area contributed by atoms with Crippen molar-refractivity contribution < 1.29 is 9.59 Å². The normalized spacial score (nSPS) is 30.5. The molecule has 162 valence electrons. The molecule has 0 saturated carbocycles. The lowest BCUT2D eigenvalue weighted by Gasteiger charge is -2.35. The second-order valence-corrected chi connectivity index (χ2v) is 8.88. The smallest absolute Gasteiger partial charge is 0.301 e. The zero-order valence-corrected chi connectivity index (χ0v) is 17.9. The van der Waals surface area contributed by atoms with E-state index < -0.39 is 24.7 Å². The summed E-state index contributed by atoms with van der Waals surface area (Å²) >= 11 is 0. The number of fused-ring (bicyclic) bond motifs is 2. The minimum Gasteiger partial charge on any atom is -0.301 e. The van der Waals surface area contributed by atoms with Gasteiger partial charge in [0, 0.05) is 28.2 Å². The van der Waals surface area contributed by atoms with Gasteiger partial charge in [-0.3, -0.25) is 10.9 Å². The molecule has 18 heteroatoms. The van der Waals surface area contributed by atoms with E-state index in [0.29, 0.717) is 10.3 Å². The maximum Gasteiger partial charge on any atom is 0.323 e. The molecule has 4 unspecified atom stereocenters. The van der Waals surface area contributed by atoms with Crippen LogP contribution in [0.4, 0.5) is 9.59 Å². The Labute approximate surface area is 177 Å². The highest BCUT2D eigenvalue weighted by Gasteiger charge is 2.50. The van der Waals surface area contributed by atoms with E-state index in [0.717, 1.165) is 31.8 Å². The molecule has 30 heavy (non-hydrogen) atoms. The molecule has 4 aliphatic heterocycles. The number of hydrazine groups is 2. The first-order chi connectivity index (χ1) is 14.3. The molecule has 2 N–H and O–H groups in total. The standard InChI is InChI=1S/C12H18N12O4S2/c1-19-5-7(21(3)11(19)25)23(17-27)15-9(13-5)29-30-10-14-6-8(24(16-10)18-28)22(4)12(26)20(6)2/h5-8H,1-4H3,(H,13,15)(H,14,16). The molecule has 4 aliphatic rings. The number of urea groups is 2. The maximum absolute atomic E-state index is 12.2. The molecule has 2 fully saturated rings. The van der Waals surface area contributed by atoms with Crippen LogP contribution in [0.15, 0.2) is 20.6 Å². The van der Waals surface area contributed by atoms with Crippen LogP contribution in [-0.4, -0.2) is 105 Å². The summed E-state index contributed by atoms with van der Waals surface area (Å²) < 4.78 is 0. The number of amidine groups is 2. The molecule has 4 rings (SSSR count). The highest BCUT2D eigenvalue weighted by atomic mass is 33.1. The highest BCUT2D eigenvalue weighted by molar-refractivity contribution is 8.87. The highest BCUT2D eigenvalue weighted by Crippen LogP contribution is 2.34. The number of amides is 4. The molecule has 0 aromatic carbocycles. The van der Waals surface area contributed by atoms with Crippen LogP contribution in [0.3, 0.4) is 0 Å². The van der Waals surface area contributed by atoms with Gasteiger partial charge in [0.2, 0.25) is 0 Å². The Morgan fingerprint density at radius 1 is 0.733 bits per heavy atom. The van der Waals surface area contributed by atoms with Crippen LogP contribution >= 0.6 is 21.6 Å². The Kier molecular flexibility index (Phi) is 4.96. The van der Waals surface area contributed by atoms with E-state index >= 15 is 0 Å². The van der Waals surface area contributed by atoms with Crippen molar-refractivity contribution in [2.24, 2.45) is 20.6 Å². The first kappa shape index (κ1) is 20.3. The van der Waals surface area contributed by atoms with Gasteiger partial charge in [-0.15, -0.1) is 20.0 Å². The topological polar surface area (TPSA) is 161 Å². The van der Waals surface area contributed by atoms with Crippen molar-refractivity contribution in [3.63, 3.8) is 0 Å². The largest absolute Gasteiger partial charge is 0.323 e. The summed E-state index contributed by atoms with van der Waals surface area (Å²) in [6.45, 7) is 0. The van der Waals surface area contributed by atoms with Crippen molar-refractivity contribution >= 4 is 44.0 Å². The SMILES string of the molecule is CN1C(=O)N(C)C2C1N=C(SSC1=NC3C(N(N=O)N1)N(C)C(=O)N3C)NN2N=O. The lowest BCUT2D eigenvalue weighted by Crippen LogP contribution is -2.58. The van der Waals surface area contributed by atoms with Crippen molar-refractivity contribution in [1.29, 1.82) is 0 Å². The summed E-state index contributed by atoms with van der Waals surface area (Å²) in [4.78, 5) is 61.3. The van der Waals surface area contributed by atoms with Gasteiger partial charge in [0.1, 0.15) is 0 Å². The molecule has 0 aromatic heterocycles. The molecule has 0 bridgehead atoms. The van der Waals surface area contributed by atoms with E-state index in [4.69, 9.17) is 0 Å². The predicted octanol–water partition coefficient (Wildman–Crippen LogP) is -0.618. The Bertz CT molecular complexity index is 787. The van der Waals surface area contributed by atoms with Gasteiger partial charge < -0.3 is 19.6 Å². The van der Waals surface area contributed by atoms with Crippen LogP contribution in [0.2, 0.25) is 0 Å². The second-order valence-electron chi connectivity index (χ2n) is 6.77. The van der Waals surface area contributed by atoms with E-state index in [1.165, 1.54) is 19.6 Å². The van der Waals surface area contributed by atoms with Gasteiger partial charge in [0.05, 0.1) is 10.6 Å². The number of hydrogen-bond donors (Lipinski definition) is 2. The number of aliphatic imine (C=N–C) groups is 2. The van der Waals surface area contributed by atoms with Gasteiger partial charge in [0.25, 0.3) is 0 Å². The van der Waals surface area contributed by atoms with Gasteiger partial charge in [-0.25, -0.2) is 19.6 Å². The number of rotatable bonds is 2. The van der Waals surface area contributed by atoms with Crippen molar-refractivity contribution in [1.82, 2.24) is 40.7 Å². The fraction of sp³-hybridized carbons (Fsp3) is 0.667. The van der Waals surface area contributed by atoms with Crippen molar-refractivity contribution in [3.05, 3.63) is 9.81 Å². The number of nitroso groups, excluding NO2 is 2. The number of nitrogens with one attached hydrogen (secondary N) is 2. The molecular formula is C12H18N12O4S2. The minimum absolute atomic E-state index is 0.293. The van der Waals surface area contributed by atoms with Crippen molar-refractivity contribution in [2.75, 3.05) is 28.2 Å². The maximum atomic E-state index is 12.2. The Morgan fingerprint density at radius 2 is 1.10 bits per heavy atom. The number of nitrogens with zero attached hydrogens (tertiary/aromatic N) is 10. The molecule has 16 nitrogen and oxygen atoms in total. The number of likely N-dealkylation sites (N-methyl/N-ethyl adjacent to an activating group) is 4. The van der Waals surface area contributed by atoms with Crippen LogP contribution < -0.4 is 10.9 Å². The molecule has 2 saturated heterocycles. The summed E-state index contributed by atoms with van der Waals surface area (Å²) in [6.07, 6.45) is -2.61. The predicted molar refractivity (Wildman–Crippen MR) is 109 cm³/mol. The molecule has 4 atom stereocenters. The summed E-state index contributed by atoms with van der Waals surface area (Å²) in [5, 5.41) is 8.53. The van der Waals surface area contributed by atoms with Gasteiger partial charge in [-0.2, -0.15) is 0 Å². The van der Waals surface area contributed by atoms with Crippen LogP contribution in [0.5, 0.6) is 0 Å². The number of carbonyl (C=O) groups is 2. The average molecular weight is 458 g/mol. The number of carbonyl (C=O) groups excluding carboxylic acids is 2. The third kappa shape index (κ3) is 2.93. The summed E-state index contributed by atoms with van der Waals surface area (Å²) in [5.74, 6) is 0. The van der Waals surface area contributed by atoms with Gasteiger partial charge in [-0.05, 0) is 21.6 Å². The average Bonchev–Trinajstić information content (AvgIpc) is 3.11. The van der Waals surface area contributed by atoms with Crippen LogP contribution in [0.25, 0.3) is 0 Å². The molecule has 0 radical (unpaired) electrons. The van der Waals surface area contributed by atoms with E-state index in [-0.39, 0.29) is 12.1 Å². The first-order valence-corrected chi connectivity index (χ1v) is 10.7. The quantitative estimate of drug-likeness (QED) is 0.403. The summed E-state index contributed by atoms with van der Waals surface area (Å²) in [5.41, 5.74) is 5.50. The first-order valence-electron chi connectivity index (χ1n) is 8.56. The molecular weight excluding hydrogens is 440 g/mol. The summed E-state index contributed by atoms with van der Waals surface area (Å²) in [6, 6.07) is -0.587. The molecule has 4 amide bonds. The van der Waals surface area contributed by atoms with Crippen molar-refractivity contribution in [3.8, 4) is 0 Å². The molecule has 0 aliphatic carbocycles. The Balaban J connectivity index is 1.51. The third-order valence-corrected chi connectivity index (χ3v) is 7.11. The van der Waals surface area contributed by atoms with Gasteiger partial charge >= 0.3 is 12.1 Å².